The molecule has 4 aromatic rings. The molecule has 168 valence electrons. The summed E-state index contributed by atoms with van der Waals surface area (Å²) in [6.07, 6.45) is 0. The molecule has 1 N–H and O–H groups in total. The molecular weight excluding hydrogens is 479 g/mol. The van der Waals surface area contributed by atoms with Crippen molar-refractivity contribution in [2.75, 3.05) is 18.2 Å². The molecule has 6 nitrogen and oxygen atoms in total. The molecule has 0 radical (unpaired) electrons. The predicted molar refractivity (Wildman–Crippen MR) is 134 cm³/mol. The van der Waals surface area contributed by atoms with E-state index < -0.39 is 0 Å². The van der Waals surface area contributed by atoms with E-state index in [9.17, 15) is 4.79 Å². The molecule has 0 fully saturated rings. The number of rotatable bonds is 7. The van der Waals surface area contributed by atoms with Crippen LogP contribution in [0, 0.1) is 6.92 Å². The third-order valence-electron chi connectivity index (χ3n) is 4.94. The number of carbonyl (C=O) groups is 1. The van der Waals surface area contributed by atoms with Gasteiger partial charge in [-0.1, -0.05) is 41.0 Å². The fourth-order valence-corrected chi connectivity index (χ4v) is 4.23. The number of thioether (sulfide) groups is 1. The first kappa shape index (κ1) is 23.2. The maximum absolute atomic E-state index is 12.6. The van der Waals surface area contributed by atoms with Gasteiger partial charge in [0.2, 0.25) is 5.91 Å². The van der Waals surface area contributed by atoms with Gasteiger partial charge in [0.05, 0.1) is 12.9 Å². The molecule has 0 atom stereocenters. The van der Waals surface area contributed by atoms with Crippen LogP contribution in [0.25, 0.3) is 17.1 Å². The molecule has 0 unspecified atom stereocenters. The molecule has 9 heteroatoms. The van der Waals surface area contributed by atoms with E-state index in [1.165, 1.54) is 11.8 Å². The van der Waals surface area contributed by atoms with Crippen LogP contribution in [0.4, 0.5) is 5.69 Å². The Bertz CT molecular complexity index is 1270. The van der Waals surface area contributed by atoms with Gasteiger partial charge in [-0.15, -0.1) is 10.2 Å². The van der Waals surface area contributed by atoms with Gasteiger partial charge < -0.3 is 10.1 Å². The van der Waals surface area contributed by atoms with Crippen molar-refractivity contribution in [1.82, 2.24) is 14.8 Å². The number of hydrogen-bond acceptors (Lipinski definition) is 5. The first-order valence-electron chi connectivity index (χ1n) is 10.00. The number of amides is 1. The predicted octanol–water partition coefficient (Wildman–Crippen LogP) is 6.29. The number of methoxy groups -OCH3 is 1. The van der Waals surface area contributed by atoms with E-state index in [0.29, 0.717) is 26.7 Å². The summed E-state index contributed by atoms with van der Waals surface area (Å²) in [6.45, 7) is 1.86. The monoisotopic (exact) mass is 498 g/mol. The normalized spacial score (nSPS) is 10.8. The Morgan fingerprint density at radius 3 is 2.45 bits per heavy atom. The molecule has 1 amide bonds. The number of anilines is 1. The van der Waals surface area contributed by atoms with Crippen molar-refractivity contribution >= 4 is 46.6 Å². The zero-order chi connectivity index (χ0) is 23.4. The number of aromatic nitrogens is 3. The van der Waals surface area contributed by atoms with E-state index in [-0.39, 0.29) is 11.7 Å². The van der Waals surface area contributed by atoms with Gasteiger partial charge >= 0.3 is 0 Å². The molecule has 0 bridgehead atoms. The van der Waals surface area contributed by atoms with Crippen molar-refractivity contribution in [1.29, 1.82) is 0 Å². The summed E-state index contributed by atoms with van der Waals surface area (Å²) in [5.41, 5.74) is 3.21. The third-order valence-corrected chi connectivity index (χ3v) is 6.53. The summed E-state index contributed by atoms with van der Waals surface area (Å²) in [5, 5.41) is 13.5. The lowest BCUT2D eigenvalue weighted by atomic mass is 10.2. The van der Waals surface area contributed by atoms with Gasteiger partial charge in [-0.25, -0.2) is 0 Å². The Morgan fingerprint density at radius 2 is 1.76 bits per heavy atom. The highest BCUT2D eigenvalue weighted by atomic mass is 35.5. The number of ether oxygens (including phenoxy) is 1. The Kier molecular flexibility index (Phi) is 7.23. The van der Waals surface area contributed by atoms with Crippen LogP contribution in [-0.2, 0) is 4.79 Å². The number of benzene rings is 3. The molecule has 4 rings (SSSR count). The molecule has 0 aliphatic heterocycles. The van der Waals surface area contributed by atoms with E-state index in [1.54, 1.807) is 31.4 Å². The average molecular weight is 499 g/mol. The van der Waals surface area contributed by atoms with Crippen molar-refractivity contribution < 1.29 is 9.53 Å². The van der Waals surface area contributed by atoms with Crippen LogP contribution in [0.15, 0.2) is 71.9 Å². The number of hydrogen-bond donors (Lipinski definition) is 1. The molecule has 0 saturated carbocycles. The Hall–Kier alpha value is -3.00. The molecule has 0 aliphatic carbocycles. The van der Waals surface area contributed by atoms with E-state index >= 15 is 0 Å². The summed E-state index contributed by atoms with van der Waals surface area (Å²) in [5.74, 6) is 1.37. The minimum atomic E-state index is -0.164. The number of nitrogens with zero attached hydrogens (tertiary/aromatic N) is 3. The van der Waals surface area contributed by atoms with Crippen LogP contribution in [0.2, 0.25) is 10.0 Å². The Labute approximate surface area is 205 Å². The lowest BCUT2D eigenvalue weighted by molar-refractivity contribution is -0.113. The average Bonchev–Trinajstić information content (AvgIpc) is 3.25. The second-order valence-electron chi connectivity index (χ2n) is 7.10. The molecule has 0 saturated heterocycles. The number of halogens is 2. The summed E-state index contributed by atoms with van der Waals surface area (Å²) >= 11 is 13.5. The second-order valence-corrected chi connectivity index (χ2v) is 8.88. The summed E-state index contributed by atoms with van der Waals surface area (Å²) in [7, 11) is 1.62. The van der Waals surface area contributed by atoms with Crippen molar-refractivity contribution in [2.24, 2.45) is 0 Å². The minimum absolute atomic E-state index is 0.154. The van der Waals surface area contributed by atoms with Crippen molar-refractivity contribution in [3.8, 4) is 22.8 Å². The van der Waals surface area contributed by atoms with Gasteiger partial charge in [-0.3, -0.25) is 9.36 Å². The van der Waals surface area contributed by atoms with Crippen LogP contribution in [0.1, 0.15) is 5.56 Å². The third kappa shape index (κ3) is 5.33. The number of nitrogens with one attached hydrogen (secondary N) is 1. The van der Waals surface area contributed by atoms with Gasteiger partial charge in [0.1, 0.15) is 5.75 Å². The van der Waals surface area contributed by atoms with Crippen LogP contribution < -0.4 is 10.1 Å². The van der Waals surface area contributed by atoms with Crippen LogP contribution >= 0.6 is 35.0 Å². The summed E-state index contributed by atoms with van der Waals surface area (Å²) in [6, 6.07) is 20.4. The van der Waals surface area contributed by atoms with Gasteiger partial charge in [0.25, 0.3) is 0 Å². The first-order valence-corrected chi connectivity index (χ1v) is 11.7. The van der Waals surface area contributed by atoms with E-state index in [0.717, 1.165) is 22.6 Å². The van der Waals surface area contributed by atoms with E-state index in [4.69, 9.17) is 27.9 Å². The van der Waals surface area contributed by atoms with Gasteiger partial charge in [0.15, 0.2) is 11.0 Å². The van der Waals surface area contributed by atoms with Crippen molar-refractivity contribution in [3.05, 3.63) is 82.3 Å². The molecular formula is C24H20Cl2N4O2S. The lowest BCUT2D eigenvalue weighted by Crippen LogP contribution is -2.15. The largest absolute Gasteiger partial charge is 0.497 e. The van der Waals surface area contributed by atoms with Gasteiger partial charge in [-0.2, -0.15) is 0 Å². The van der Waals surface area contributed by atoms with E-state index in [1.807, 2.05) is 54.0 Å². The maximum Gasteiger partial charge on any atom is 0.234 e. The highest BCUT2D eigenvalue weighted by Gasteiger charge is 2.18. The van der Waals surface area contributed by atoms with Crippen molar-refractivity contribution in [2.45, 2.75) is 12.1 Å². The topological polar surface area (TPSA) is 69.0 Å². The highest BCUT2D eigenvalue weighted by Crippen LogP contribution is 2.30. The second kappa shape index (κ2) is 10.3. The fraction of sp³-hybridized carbons (Fsp3) is 0.125. The van der Waals surface area contributed by atoms with E-state index in [2.05, 4.69) is 15.5 Å². The van der Waals surface area contributed by atoms with Crippen LogP contribution in [-0.4, -0.2) is 33.5 Å². The Balaban J connectivity index is 1.61. The fourth-order valence-electron chi connectivity index (χ4n) is 3.17. The molecule has 1 heterocycles. The standard InChI is InChI=1S/C24H20Cl2N4O2S/c1-15-20(26)4-3-5-21(15)27-22(31)14-33-24-29-28-23(16-6-8-17(25)9-7-16)30(24)18-10-12-19(32-2)13-11-18/h3-13H,14H2,1-2H3,(H,27,31). The quantitative estimate of drug-likeness (QED) is 0.303. The molecule has 0 aliphatic rings. The van der Waals surface area contributed by atoms with Gasteiger partial charge in [-0.05, 0) is 73.2 Å². The first-order chi connectivity index (χ1) is 16.0. The highest BCUT2D eigenvalue weighted by molar-refractivity contribution is 7.99. The lowest BCUT2D eigenvalue weighted by Gasteiger charge is -2.12. The molecule has 3 aromatic carbocycles. The zero-order valence-electron chi connectivity index (χ0n) is 17.9. The van der Waals surface area contributed by atoms with Crippen LogP contribution in [0.3, 0.4) is 0 Å². The van der Waals surface area contributed by atoms with Crippen molar-refractivity contribution in [3.63, 3.8) is 0 Å². The maximum atomic E-state index is 12.6. The summed E-state index contributed by atoms with van der Waals surface area (Å²) < 4.78 is 7.18. The minimum Gasteiger partial charge on any atom is -0.497 e. The van der Waals surface area contributed by atoms with Crippen LogP contribution in [0.5, 0.6) is 5.75 Å². The van der Waals surface area contributed by atoms with Gasteiger partial charge in [0, 0.05) is 27.0 Å². The Morgan fingerprint density at radius 1 is 1.03 bits per heavy atom. The SMILES string of the molecule is COc1ccc(-n2c(SCC(=O)Nc3cccc(Cl)c3C)nnc2-c2ccc(Cl)cc2)cc1. The number of carbonyl (C=O) groups excluding carboxylic acids is 1. The molecule has 1 aromatic heterocycles. The summed E-state index contributed by atoms with van der Waals surface area (Å²) in [4.78, 5) is 12.6. The smallest absolute Gasteiger partial charge is 0.234 e. The molecule has 33 heavy (non-hydrogen) atoms. The zero-order valence-corrected chi connectivity index (χ0v) is 20.2. The molecule has 0 spiro atoms.